The molecule has 0 saturated carbocycles. The summed E-state index contributed by atoms with van der Waals surface area (Å²) in [6.07, 6.45) is 5.48. The number of aryl methyl sites for hydroxylation is 1. The number of aromatic nitrogens is 3. The van der Waals surface area contributed by atoms with Crippen molar-refractivity contribution in [3.8, 4) is 11.4 Å². The van der Waals surface area contributed by atoms with Gasteiger partial charge in [0.05, 0.1) is 31.2 Å². The fourth-order valence-electron chi connectivity index (χ4n) is 3.58. The van der Waals surface area contributed by atoms with Crippen molar-refractivity contribution in [3.63, 3.8) is 0 Å². The number of rotatable bonds is 7. The third kappa shape index (κ3) is 4.45. The summed E-state index contributed by atoms with van der Waals surface area (Å²) in [4.78, 5) is 26.2. The Bertz CT molecular complexity index is 1110. The molecule has 0 fully saturated rings. The summed E-state index contributed by atoms with van der Waals surface area (Å²) < 4.78 is 12.2. The average Bonchev–Trinajstić information content (AvgIpc) is 3.41. The summed E-state index contributed by atoms with van der Waals surface area (Å²) in [5, 5.41) is 12.1. The van der Waals surface area contributed by atoms with Crippen LogP contribution in [0.4, 0.5) is 5.00 Å². The second kappa shape index (κ2) is 9.52. The molecule has 1 N–H and O–H groups in total. The van der Waals surface area contributed by atoms with E-state index in [1.165, 1.54) is 30.2 Å². The van der Waals surface area contributed by atoms with E-state index in [0.717, 1.165) is 41.8 Å². The second-order valence-electron chi connectivity index (χ2n) is 6.90. The number of methoxy groups -OCH3 is 2. The van der Waals surface area contributed by atoms with Crippen LogP contribution in [-0.2, 0) is 22.4 Å². The monoisotopic (exact) mass is 458 g/mol. The Morgan fingerprint density at radius 3 is 2.84 bits per heavy atom. The van der Waals surface area contributed by atoms with Gasteiger partial charge in [-0.1, -0.05) is 23.9 Å². The lowest BCUT2D eigenvalue weighted by molar-refractivity contribution is -0.113. The molecule has 162 valence electrons. The molecule has 1 amide bonds. The number of ether oxygens (including phenoxy) is 2. The number of fused-ring (bicyclic) bond motifs is 1. The highest BCUT2D eigenvalue weighted by atomic mass is 32.2. The topological polar surface area (TPSA) is 95.3 Å². The molecule has 8 nitrogen and oxygen atoms in total. The fraction of sp³-hybridized carbons (Fsp3) is 0.333. The number of nitrogens with one attached hydrogen (secondary N) is 1. The molecular weight excluding hydrogens is 436 g/mol. The second-order valence-corrected chi connectivity index (χ2v) is 8.95. The molecule has 0 radical (unpaired) electrons. The minimum absolute atomic E-state index is 0.122. The van der Waals surface area contributed by atoms with Gasteiger partial charge in [0.1, 0.15) is 17.1 Å². The quantitative estimate of drug-likeness (QED) is 0.426. The van der Waals surface area contributed by atoms with Crippen molar-refractivity contribution < 1.29 is 19.1 Å². The summed E-state index contributed by atoms with van der Waals surface area (Å²) in [6.45, 7) is 0. The molecule has 0 saturated heterocycles. The Balaban J connectivity index is 1.49. The van der Waals surface area contributed by atoms with Gasteiger partial charge in [0.2, 0.25) is 5.91 Å². The molecule has 1 aromatic carbocycles. The van der Waals surface area contributed by atoms with Gasteiger partial charge in [0.25, 0.3) is 0 Å². The van der Waals surface area contributed by atoms with Crippen LogP contribution in [0.15, 0.2) is 35.7 Å². The molecule has 4 rings (SSSR count). The van der Waals surface area contributed by atoms with Crippen LogP contribution in [0.1, 0.15) is 33.6 Å². The molecule has 0 unspecified atom stereocenters. The Morgan fingerprint density at radius 2 is 2.03 bits per heavy atom. The Kier molecular flexibility index (Phi) is 6.57. The number of thiophene rings is 1. The van der Waals surface area contributed by atoms with Gasteiger partial charge in [0.15, 0.2) is 5.16 Å². The standard InChI is InChI=1S/C21H22N4O4S2/c1-28-15-9-5-4-8-14(15)25-12-22-24-21(25)30-11-17(26)23-19-18(20(27)29-2)13-7-3-6-10-16(13)31-19/h4-5,8-9,12H,3,6-7,10-11H2,1-2H3,(H,23,26). The first-order valence-electron chi connectivity index (χ1n) is 9.81. The van der Waals surface area contributed by atoms with Crippen molar-refractivity contribution >= 4 is 40.0 Å². The van der Waals surface area contributed by atoms with Crippen LogP contribution in [0.5, 0.6) is 5.75 Å². The van der Waals surface area contributed by atoms with E-state index in [1.807, 2.05) is 24.3 Å². The highest BCUT2D eigenvalue weighted by Crippen LogP contribution is 2.38. The van der Waals surface area contributed by atoms with Crippen molar-refractivity contribution in [1.82, 2.24) is 14.8 Å². The number of esters is 1. The zero-order chi connectivity index (χ0) is 21.8. The smallest absolute Gasteiger partial charge is 0.341 e. The predicted octanol–water partition coefficient (Wildman–Crippen LogP) is 3.73. The van der Waals surface area contributed by atoms with E-state index in [9.17, 15) is 9.59 Å². The molecule has 2 heterocycles. The van der Waals surface area contributed by atoms with Gasteiger partial charge >= 0.3 is 5.97 Å². The largest absolute Gasteiger partial charge is 0.495 e. The summed E-state index contributed by atoms with van der Waals surface area (Å²) in [6, 6.07) is 7.52. The van der Waals surface area contributed by atoms with Gasteiger partial charge in [0, 0.05) is 4.88 Å². The lowest BCUT2D eigenvalue weighted by atomic mass is 9.95. The highest BCUT2D eigenvalue weighted by Gasteiger charge is 2.27. The summed E-state index contributed by atoms with van der Waals surface area (Å²) in [5.74, 6) is 0.180. The Labute approximate surface area is 188 Å². The van der Waals surface area contributed by atoms with Crippen LogP contribution in [0.3, 0.4) is 0 Å². The summed E-state index contributed by atoms with van der Waals surface area (Å²) in [5.41, 5.74) is 2.30. The number of hydrogen-bond acceptors (Lipinski definition) is 8. The molecule has 2 aromatic heterocycles. The van der Waals surface area contributed by atoms with E-state index in [-0.39, 0.29) is 11.7 Å². The summed E-state index contributed by atoms with van der Waals surface area (Å²) >= 11 is 2.73. The van der Waals surface area contributed by atoms with Crippen molar-refractivity contribution in [2.24, 2.45) is 0 Å². The maximum atomic E-state index is 12.7. The van der Waals surface area contributed by atoms with Crippen LogP contribution in [0.2, 0.25) is 0 Å². The van der Waals surface area contributed by atoms with Gasteiger partial charge in [-0.15, -0.1) is 21.5 Å². The van der Waals surface area contributed by atoms with Gasteiger partial charge in [-0.25, -0.2) is 4.79 Å². The van der Waals surface area contributed by atoms with E-state index in [2.05, 4.69) is 15.5 Å². The number of carbonyl (C=O) groups excluding carboxylic acids is 2. The van der Waals surface area contributed by atoms with Gasteiger partial charge in [-0.05, 0) is 43.4 Å². The third-order valence-corrected chi connectivity index (χ3v) is 7.16. The van der Waals surface area contributed by atoms with Crippen molar-refractivity contribution in [2.75, 3.05) is 25.3 Å². The SMILES string of the molecule is COC(=O)c1c(NC(=O)CSc2nncn2-c2ccccc2OC)sc2c1CCCC2. The number of nitrogens with zero attached hydrogens (tertiary/aromatic N) is 3. The first-order valence-corrected chi connectivity index (χ1v) is 11.6. The number of carbonyl (C=O) groups is 2. The number of anilines is 1. The molecule has 3 aromatic rings. The van der Waals surface area contributed by atoms with Gasteiger partial charge in [-0.3, -0.25) is 9.36 Å². The van der Waals surface area contributed by atoms with Crippen molar-refractivity contribution in [1.29, 1.82) is 0 Å². The molecule has 1 aliphatic carbocycles. The minimum atomic E-state index is -0.404. The van der Waals surface area contributed by atoms with E-state index in [0.29, 0.717) is 21.5 Å². The first kappa shape index (κ1) is 21.4. The molecule has 0 spiro atoms. The molecule has 31 heavy (non-hydrogen) atoms. The minimum Gasteiger partial charge on any atom is -0.495 e. The Hall–Kier alpha value is -2.85. The van der Waals surface area contributed by atoms with Crippen LogP contribution in [-0.4, -0.2) is 46.6 Å². The van der Waals surface area contributed by atoms with Crippen LogP contribution >= 0.6 is 23.1 Å². The predicted molar refractivity (Wildman–Crippen MR) is 120 cm³/mol. The molecule has 0 aliphatic heterocycles. The number of amides is 1. The fourth-order valence-corrected chi connectivity index (χ4v) is 5.60. The van der Waals surface area contributed by atoms with Gasteiger partial charge in [-0.2, -0.15) is 0 Å². The van der Waals surface area contributed by atoms with Crippen LogP contribution in [0, 0.1) is 0 Å². The lowest BCUT2D eigenvalue weighted by Crippen LogP contribution is -2.17. The van der Waals surface area contributed by atoms with Crippen molar-refractivity contribution in [2.45, 2.75) is 30.8 Å². The van der Waals surface area contributed by atoms with E-state index in [4.69, 9.17) is 9.47 Å². The average molecular weight is 459 g/mol. The molecular formula is C21H22N4O4S2. The van der Waals surface area contributed by atoms with E-state index >= 15 is 0 Å². The van der Waals surface area contributed by atoms with Gasteiger partial charge < -0.3 is 14.8 Å². The zero-order valence-electron chi connectivity index (χ0n) is 17.2. The molecule has 1 aliphatic rings. The maximum absolute atomic E-state index is 12.7. The molecule has 10 heteroatoms. The zero-order valence-corrected chi connectivity index (χ0v) is 18.8. The van der Waals surface area contributed by atoms with Crippen LogP contribution < -0.4 is 10.1 Å². The Morgan fingerprint density at radius 1 is 1.23 bits per heavy atom. The van der Waals surface area contributed by atoms with E-state index < -0.39 is 5.97 Å². The number of benzene rings is 1. The normalized spacial score (nSPS) is 12.8. The molecule has 0 bridgehead atoms. The lowest BCUT2D eigenvalue weighted by Gasteiger charge is -2.12. The van der Waals surface area contributed by atoms with E-state index in [1.54, 1.807) is 18.0 Å². The summed E-state index contributed by atoms with van der Waals surface area (Å²) in [7, 11) is 2.96. The number of thioether (sulfide) groups is 1. The highest BCUT2D eigenvalue weighted by molar-refractivity contribution is 7.99. The first-order chi connectivity index (χ1) is 15.1. The third-order valence-electron chi connectivity index (χ3n) is 5.01. The van der Waals surface area contributed by atoms with Crippen molar-refractivity contribution in [3.05, 3.63) is 46.6 Å². The van der Waals surface area contributed by atoms with Crippen LogP contribution in [0.25, 0.3) is 5.69 Å². The number of para-hydroxylation sites is 2. The molecule has 0 atom stereocenters. The number of hydrogen-bond donors (Lipinski definition) is 1. The maximum Gasteiger partial charge on any atom is 0.341 e.